The summed E-state index contributed by atoms with van der Waals surface area (Å²) in [5.41, 5.74) is 1.93. The maximum absolute atomic E-state index is 9.41. The van der Waals surface area contributed by atoms with E-state index in [1.54, 1.807) is 0 Å². The molecule has 0 unspecified atom stereocenters. The molecular weight excluding hydrogens is 346 g/mol. The third kappa shape index (κ3) is 4.35. The van der Waals surface area contributed by atoms with Gasteiger partial charge in [-0.25, -0.2) is 15.0 Å². The molecule has 2 aliphatic heterocycles. The van der Waals surface area contributed by atoms with Crippen LogP contribution in [0, 0.1) is 0 Å². The van der Waals surface area contributed by atoms with Crippen molar-refractivity contribution in [2.45, 2.75) is 25.4 Å². The Hall–Kier alpha value is -2.29. The Morgan fingerprint density at radius 2 is 1.81 bits per heavy atom. The van der Waals surface area contributed by atoms with E-state index in [-0.39, 0.29) is 6.61 Å². The van der Waals surface area contributed by atoms with E-state index in [0.717, 1.165) is 75.2 Å². The number of morpholine rings is 1. The van der Waals surface area contributed by atoms with E-state index in [9.17, 15) is 5.11 Å². The molecule has 2 aromatic heterocycles. The molecule has 4 heterocycles. The normalized spacial score (nSPS) is 18.5. The molecule has 0 atom stereocenters. The van der Waals surface area contributed by atoms with Gasteiger partial charge in [-0.1, -0.05) is 0 Å². The fraction of sp³-hybridized carbons (Fsp3) is 0.526. The SMILES string of the molecule is OCc1ncc(C2CCOCC2)c(Nc2ccc(N3CCOCC3)nc2)n1. The van der Waals surface area contributed by atoms with Crippen molar-refractivity contribution in [3.8, 4) is 0 Å². The van der Waals surface area contributed by atoms with E-state index in [4.69, 9.17) is 9.47 Å². The number of anilines is 3. The van der Waals surface area contributed by atoms with E-state index < -0.39 is 0 Å². The van der Waals surface area contributed by atoms with Crippen LogP contribution in [-0.4, -0.2) is 59.6 Å². The molecule has 4 rings (SSSR count). The van der Waals surface area contributed by atoms with Crippen molar-refractivity contribution in [2.75, 3.05) is 49.7 Å². The highest BCUT2D eigenvalue weighted by atomic mass is 16.5. The summed E-state index contributed by atoms with van der Waals surface area (Å²) in [4.78, 5) is 15.6. The minimum atomic E-state index is -0.184. The average Bonchev–Trinajstić information content (AvgIpc) is 2.75. The van der Waals surface area contributed by atoms with Crippen molar-refractivity contribution in [1.82, 2.24) is 15.0 Å². The van der Waals surface area contributed by atoms with Gasteiger partial charge in [0.1, 0.15) is 18.2 Å². The standard InChI is InChI=1S/C19H25N5O3/c25-13-17-20-12-16(14-3-7-26-8-4-14)19(23-17)22-15-1-2-18(21-11-15)24-5-9-27-10-6-24/h1-2,11-12,14,25H,3-10,13H2,(H,20,22,23). The maximum atomic E-state index is 9.41. The van der Waals surface area contributed by atoms with Crippen molar-refractivity contribution in [3.05, 3.63) is 35.9 Å². The topological polar surface area (TPSA) is 92.6 Å². The molecule has 2 fully saturated rings. The fourth-order valence-corrected chi connectivity index (χ4v) is 3.49. The van der Waals surface area contributed by atoms with Crippen LogP contribution in [0.5, 0.6) is 0 Å². The number of hydrogen-bond donors (Lipinski definition) is 2. The number of ether oxygens (including phenoxy) is 2. The summed E-state index contributed by atoms with van der Waals surface area (Å²) in [6.45, 7) is 4.52. The first-order chi connectivity index (χ1) is 13.3. The number of aliphatic hydroxyl groups excluding tert-OH is 1. The second-order valence-corrected chi connectivity index (χ2v) is 6.76. The lowest BCUT2D eigenvalue weighted by Gasteiger charge is -2.28. The van der Waals surface area contributed by atoms with Gasteiger partial charge in [-0.2, -0.15) is 0 Å². The number of rotatable bonds is 5. The average molecular weight is 371 g/mol. The molecule has 2 N–H and O–H groups in total. The molecule has 2 aliphatic rings. The van der Waals surface area contributed by atoms with Crippen molar-refractivity contribution >= 4 is 17.3 Å². The van der Waals surface area contributed by atoms with Crippen molar-refractivity contribution in [2.24, 2.45) is 0 Å². The van der Waals surface area contributed by atoms with Crippen LogP contribution in [0.15, 0.2) is 24.5 Å². The number of pyridine rings is 1. The van der Waals surface area contributed by atoms with Crippen LogP contribution in [0.2, 0.25) is 0 Å². The number of aliphatic hydroxyl groups is 1. The number of nitrogens with one attached hydrogen (secondary N) is 1. The quantitative estimate of drug-likeness (QED) is 0.822. The van der Waals surface area contributed by atoms with Crippen LogP contribution in [0.3, 0.4) is 0 Å². The van der Waals surface area contributed by atoms with Crippen LogP contribution in [0.1, 0.15) is 30.1 Å². The Morgan fingerprint density at radius 1 is 1.04 bits per heavy atom. The molecule has 2 saturated heterocycles. The fourth-order valence-electron chi connectivity index (χ4n) is 3.49. The Morgan fingerprint density at radius 3 is 2.52 bits per heavy atom. The monoisotopic (exact) mass is 371 g/mol. The molecule has 0 amide bonds. The molecule has 2 aromatic rings. The summed E-state index contributed by atoms with van der Waals surface area (Å²) in [6.07, 6.45) is 5.54. The molecule has 8 nitrogen and oxygen atoms in total. The molecule has 0 saturated carbocycles. The van der Waals surface area contributed by atoms with Crippen LogP contribution in [-0.2, 0) is 16.1 Å². The third-order valence-corrected chi connectivity index (χ3v) is 5.02. The molecule has 27 heavy (non-hydrogen) atoms. The van der Waals surface area contributed by atoms with E-state index in [2.05, 4.69) is 25.2 Å². The van der Waals surface area contributed by atoms with E-state index >= 15 is 0 Å². The van der Waals surface area contributed by atoms with Crippen molar-refractivity contribution < 1.29 is 14.6 Å². The first kappa shape index (κ1) is 18.1. The molecule has 144 valence electrons. The van der Waals surface area contributed by atoms with Gasteiger partial charge >= 0.3 is 0 Å². The van der Waals surface area contributed by atoms with Crippen LogP contribution in [0.25, 0.3) is 0 Å². The second kappa shape index (κ2) is 8.60. The highest BCUT2D eigenvalue weighted by molar-refractivity contribution is 5.60. The minimum absolute atomic E-state index is 0.184. The highest BCUT2D eigenvalue weighted by Gasteiger charge is 2.21. The predicted octanol–water partition coefficient (Wildman–Crippen LogP) is 1.84. The number of nitrogens with zero attached hydrogens (tertiary/aromatic N) is 4. The summed E-state index contributed by atoms with van der Waals surface area (Å²) >= 11 is 0. The first-order valence-electron chi connectivity index (χ1n) is 9.43. The Kier molecular flexibility index (Phi) is 5.76. The van der Waals surface area contributed by atoms with Gasteiger partial charge in [-0.15, -0.1) is 0 Å². The van der Waals surface area contributed by atoms with Crippen LogP contribution < -0.4 is 10.2 Å². The van der Waals surface area contributed by atoms with Gasteiger partial charge < -0.3 is 24.8 Å². The first-order valence-corrected chi connectivity index (χ1v) is 9.43. The molecule has 0 aromatic carbocycles. The summed E-state index contributed by atoms with van der Waals surface area (Å²) in [6, 6.07) is 4.02. The predicted molar refractivity (Wildman–Crippen MR) is 101 cm³/mol. The third-order valence-electron chi connectivity index (χ3n) is 5.02. The highest BCUT2D eigenvalue weighted by Crippen LogP contribution is 2.32. The summed E-state index contributed by atoms with van der Waals surface area (Å²) in [7, 11) is 0. The Labute approximate surface area is 158 Å². The molecule has 0 aliphatic carbocycles. The van der Waals surface area contributed by atoms with E-state index in [1.165, 1.54) is 0 Å². The van der Waals surface area contributed by atoms with Gasteiger partial charge in [0.15, 0.2) is 5.82 Å². The lowest BCUT2D eigenvalue weighted by atomic mass is 9.93. The molecule has 0 bridgehead atoms. The lowest BCUT2D eigenvalue weighted by molar-refractivity contribution is 0.0853. The summed E-state index contributed by atoms with van der Waals surface area (Å²) < 4.78 is 10.9. The van der Waals surface area contributed by atoms with Gasteiger partial charge in [0.2, 0.25) is 0 Å². The van der Waals surface area contributed by atoms with Crippen molar-refractivity contribution in [3.63, 3.8) is 0 Å². The van der Waals surface area contributed by atoms with Gasteiger partial charge in [0.25, 0.3) is 0 Å². The summed E-state index contributed by atoms with van der Waals surface area (Å²) in [5, 5.41) is 12.8. The Balaban J connectivity index is 1.53. The lowest BCUT2D eigenvalue weighted by Crippen LogP contribution is -2.36. The molecule has 8 heteroatoms. The van der Waals surface area contributed by atoms with Gasteiger partial charge in [0, 0.05) is 38.1 Å². The molecule has 0 radical (unpaired) electrons. The zero-order chi connectivity index (χ0) is 18.5. The smallest absolute Gasteiger partial charge is 0.156 e. The molecular formula is C19H25N5O3. The molecule has 0 spiro atoms. The number of aromatic nitrogens is 3. The van der Waals surface area contributed by atoms with Crippen molar-refractivity contribution in [1.29, 1.82) is 0 Å². The van der Waals surface area contributed by atoms with E-state index in [0.29, 0.717) is 11.7 Å². The van der Waals surface area contributed by atoms with Crippen LogP contribution in [0.4, 0.5) is 17.3 Å². The van der Waals surface area contributed by atoms with Gasteiger partial charge in [-0.3, -0.25) is 0 Å². The zero-order valence-corrected chi connectivity index (χ0v) is 15.3. The largest absolute Gasteiger partial charge is 0.388 e. The van der Waals surface area contributed by atoms with Gasteiger partial charge in [-0.05, 0) is 30.9 Å². The minimum Gasteiger partial charge on any atom is -0.388 e. The van der Waals surface area contributed by atoms with Crippen LogP contribution >= 0.6 is 0 Å². The Bertz CT molecular complexity index is 744. The maximum Gasteiger partial charge on any atom is 0.156 e. The summed E-state index contributed by atoms with van der Waals surface area (Å²) in [5.74, 6) is 2.45. The van der Waals surface area contributed by atoms with E-state index in [1.807, 2.05) is 24.5 Å². The second-order valence-electron chi connectivity index (χ2n) is 6.76. The zero-order valence-electron chi connectivity index (χ0n) is 15.3. The number of hydrogen-bond acceptors (Lipinski definition) is 8. The van der Waals surface area contributed by atoms with Gasteiger partial charge in [0.05, 0.1) is 25.1 Å².